The summed E-state index contributed by atoms with van der Waals surface area (Å²) in [6, 6.07) is 0. The standard InChI is InChI=1S/C27H47Br/c1-18(2)9-8-10-19(3)21-12-13-22-25-23(14-16-27(21,22)5)26(4)15-7-6-11-20(26)17-24(25)28/h18-25H,6-17H2,1-5H3/t19-,20?,21-,22+,23+,24?,25+,26+,27-/m1/s1. The van der Waals surface area contributed by atoms with Crippen molar-refractivity contribution in [2.75, 3.05) is 0 Å². The molecule has 4 rings (SSSR count). The van der Waals surface area contributed by atoms with E-state index < -0.39 is 0 Å². The lowest BCUT2D eigenvalue weighted by Gasteiger charge is -2.62. The van der Waals surface area contributed by atoms with Crippen molar-refractivity contribution in [1.29, 1.82) is 0 Å². The second kappa shape index (κ2) is 8.20. The normalized spacial score (nSPS) is 49.4. The highest BCUT2D eigenvalue weighted by atomic mass is 79.9. The quantitative estimate of drug-likeness (QED) is 0.366. The summed E-state index contributed by atoms with van der Waals surface area (Å²) in [5, 5.41) is 0. The Morgan fingerprint density at radius 1 is 0.857 bits per heavy atom. The Kier molecular flexibility index (Phi) is 6.35. The minimum atomic E-state index is 0.627. The molecule has 0 nitrogen and oxygen atoms in total. The van der Waals surface area contributed by atoms with Crippen LogP contribution in [0, 0.1) is 52.3 Å². The van der Waals surface area contributed by atoms with E-state index in [2.05, 4.69) is 50.5 Å². The van der Waals surface area contributed by atoms with Crippen molar-refractivity contribution in [3.05, 3.63) is 0 Å². The SMILES string of the molecule is CC(C)CCC[C@@H](C)[C@H]1CC[C@H]2[C@@H]3C(Br)CC4CCCC[C@]4(C)[C@H]3CC[C@]12C. The molecule has 4 saturated carbocycles. The molecule has 4 aliphatic rings. The fourth-order valence-electron chi connectivity index (χ4n) is 9.23. The second-order valence-electron chi connectivity index (χ2n) is 12.5. The second-order valence-corrected chi connectivity index (χ2v) is 13.7. The summed E-state index contributed by atoms with van der Waals surface area (Å²) < 4.78 is 0. The van der Waals surface area contributed by atoms with Gasteiger partial charge in [-0.2, -0.15) is 0 Å². The molecule has 4 fully saturated rings. The first kappa shape index (κ1) is 21.7. The van der Waals surface area contributed by atoms with E-state index in [9.17, 15) is 0 Å². The Bertz CT molecular complexity index is 540. The van der Waals surface area contributed by atoms with Gasteiger partial charge in [-0.1, -0.05) is 82.7 Å². The minimum Gasteiger partial charge on any atom is -0.0887 e. The topological polar surface area (TPSA) is 0 Å². The molecule has 162 valence electrons. The van der Waals surface area contributed by atoms with Gasteiger partial charge in [-0.25, -0.2) is 0 Å². The summed E-state index contributed by atoms with van der Waals surface area (Å²) in [5.74, 6) is 6.75. The molecule has 0 radical (unpaired) electrons. The zero-order chi connectivity index (χ0) is 20.1. The highest BCUT2D eigenvalue weighted by Crippen LogP contribution is 2.69. The zero-order valence-electron chi connectivity index (χ0n) is 19.5. The van der Waals surface area contributed by atoms with Crippen molar-refractivity contribution < 1.29 is 0 Å². The summed E-state index contributed by atoms with van der Waals surface area (Å²) >= 11 is 4.29. The Balaban J connectivity index is 1.50. The first-order valence-electron chi connectivity index (χ1n) is 12.9. The van der Waals surface area contributed by atoms with Gasteiger partial charge in [-0.05, 0) is 97.2 Å². The van der Waals surface area contributed by atoms with Crippen molar-refractivity contribution in [1.82, 2.24) is 0 Å². The van der Waals surface area contributed by atoms with Crippen molar-refractivity contribution in [3.63, 3.8) is 0 Å². The van der Waals surface area contributed by atoms with Gasteiger partial charge >= 0.3 is 0 Å². The first-order valence-corrected chi connectivity index (χ1v) is 13.8. The van der Waals surface area contributed by atoms with Gasteiger partial charge in [0.05, 0.1) is 0 Å². The van der Waals surface area contributed by atoms with Crippen LogP contribution in [-0.2, 0) is 0 Å². The van der Waals surface area contributed by atoms with E-state index in [0.29, 0.717) is 10.8 Å². The van der Waals surface area contributed by atoms with Crippen molar-refractivity contribution in [3.8, 4) is 0 Å². The molecule has 0 heterocycles. The largest absolute Gasteiger partial charge is 0.0887 e. The summed E-state index contributed by atoms with van der Waals surface area (Å²) in [6.07, 6.45) is 17.9. The number of halogens is 1. The molecule has 4 aliphatic carbocycles. The average Bonchev–Trinajstić information content (AvgIpc) is 2.99. The molecule has 2 unspecified atom stereocenters. The molecule has 0 aliphatic heterocycles. The first-order chi connectivity index (χ1) is 13.3. The molecule has 0 bridgehead atoms. The number of fused-ring (bicyclic) bond motifs is 5. The summed E-state index contributed by atoms with van der Waals surface area (Å²) in [7, 11) is 0. The third-order valence-electron chi connectivity index (χ3n) is 10.8. The molecule has 28 heavy (non-hydrogen) atoms. The Morgan fingerprint density at radius 3 is 2.36 bits per heavy atom. The maximum absolute atomic E-state index is 4.29. The van der Waals surface area contributed by atoms with Gasteiger partial charge in [0.15, 0.2) is 0 Å². The van der Waals surface area contributed by atoms with Crippen molar-refractivity contribution in [2.24, 2.45) is 52.3 Å². The van der Waals surface area contributed by atoms with E-state index in [-0.39, 0.29) is 0 Å². The number of hydrogen-bond donors (Lipinski definition) is 0. The van der Waals surface area contributed by atoms with Gasteiger partial charge in [0.1, 0.15) is 0 Å². The molecule has 0 N–H and O–H groups in total. The van der Waals surface area contributed by atoms with Crippen LogP contribution in [0.4, 0.5) is 0 Å². The predicted octanol–water partition coefficient (Wildman–Crippen LogP) is 8.87. The Labute approximate surface area is 184 Å². The van der Waals surface area contributed by atoms with Crippen LogP contribution in [0.3, 0.4) is 0 Å². The van der Waals surface area contributed by atoms with E-state index in [0.717, 1.165) is 46.3 Å². The van der Waals surface area contributed by atoms with E-state index in [1.165, 1.54) is 77.0 Å². The number of hydrogen-bond acceptors (Lipinski definition) is 0. The van der Waals surface area contributed by atoms with E-state index in [1.54, 1.807) is 0 Å². The molecular formula is C27H47Br. The molecule has 9 atom stereocenters. The monoisotopic (exact) mass is 450 g/mol. The van der Waals surface area contributed by atoms with Gasteiger partial charge in [0.25, 0.3) is 0 Å². The third kappa shape index (κ3) is 3.56. The number of rotatable bonds is 5. The maximum atomic E-state index is 4.29. The highest BCUT2D eigenvalue weighted by Gasteiger charge is 2.62. The summed E-state index contributed by atoms with van der Waals surface area (Å²) in [4.78, 5) is 0.799. The van der Waals surface area contributed by atoms with Crippen LogP contribution in [0.1, 0.15) is 112 Å². The van der Waals surface area contributed by atoms with Crippen LogP contribution in [0.5, 0.6) is 0 Å². The lowest BCUT2D eigenvalue weighted by molar-refractivity contribution is -0.110. The van der Waals surface area contributed by atoms with Crippen LogP contribution in [0.15, 0.2) is 0 Å². The molecule has 0 spiro atoms. The Morgan fingerprint density at radius 2 is 1.61 bits per heavy atom. The van der Waals surface area contributed by atoms with Gasteiger partial charge < -0.3 is 0 Å². The molecular weight excluding hydrogens is 404 g/mol. The van der Waals surface area contributed by atoms with Crippen molar-refractivity contribution >= 4 is 15.9 Å². The van der Waals surface area contributed by atoms with Crippen molar-refractivity contribution in [2.45, 2.75) is 116 Å². The molecule has 1 heteroatoms. The van der Waals surface area contributed by atoms with Crippen LogP contribution in [0.25, 0.3) is 0 Å². The fourth-order valence-corrected chi connectivity index (χ4v) is 10.4. The van der Waals surface area contributed by atoms with Crippen LogP contribution in [0.2, 0.25) is 0 Å². The van der Waals surface area contributed by atoms with Crippen LogP contribution in [-0.4, -0.2) is 4.83 Å². The molecule has 0 amide bonds. The van der Waals surface area contributed by atoms with E-state index in [1.807, 2.05) is 0 Å². The summed E-state index contributed by atoms with van der Waals surface area (Å²) in [5.41, 5.74) is 1.29. The lowest BCUT2D eigenvalue weighted by Crippen LogP contribution is -2.56. The Hall–Kier alpha value is 0.480. The van der Waals surface area contributed by atoms with E-state index >= 15 is 0 Å². The van der Waals surface area contributed by atoms with Crippen LogP contribution < -0.4 is 0 Å². The molecule has 0 aromatic rings. The van der Waals surface area contributed by atoms with Gasteiger partial charge in [0, 0.05) is 4.83 Å². The lowest BCUT2D eigenvalue weighted by atomic mass is 9.44. The smallest absolute Gasteiger partial charge is 0.0182 e. The summed E-state index contributed by atoms with van der Waals surface area (Å²) in [6.45, 7) is 12.8. The van der Waals surface area contributed by atoms with E-state index in [4.69, 9.17) is 0 Å². The molecule has 0 saturated heterocycles. The average molecular weight is 452 g/mol. The predicted molar refractivity (Wildman–Crippen MR) is 126 cm³/mol. The molecule has 0 aromatic heterocycles. The van der Waals surface area contributed by atoms with Gasteiger partial charge in [-0.3, -0.25) is 0 Å². The highest BCUT2D eigenvalue weighted by molar-refractivity contribution is 9.09. The number of alkyl halides is 1. The van der Waals surface area contributed by atoms with Gasteiger partial charge in [-0.15, -0.1) is 0 Å². The fraction of sp³-hybridized carbons (Fsp3) is 1.00. The molecule has 0 aromatic carbocycles. The maximum Gasteiger partial charge on any atom is 0.0182 e. The van der Waals surface area contributed by atoms with Crippen LogP contribution >= 0.6 is 15.9 Å². The van der Waals surface area contributed by atoms with Gasteiger partial charge in [0.2, 0.25) is 0 Å². The zero-order valence-corrected chi connectivity index (χ0v) is 21.1. The minimum absolute atomic E-state index is 0.627. The third-order valence-corrected chi connectivity index (χ3v) is 11.7.